The molecule has 0 amide bonds. The van der Waals surface area contributed by atoms with Gasteiger partial charge in [-0.3, -0.25) is 0 Å². The first-order chi connectivity index (χ1) is 15.7. The molecule has 0 aliphatic heterocycles. The molecular formula is C30H60O2Zn. The molecule has 0 radical (unpaired) electrons. The number of carboxylic acids is 1. The van der Waals surface area contributed by atoms with Gasteiger partial charge in [-0.05, 0) is 12.8 Å². The zero-order chi connectivity index (χ0) is 24.0. The van der Waals surface area contributed by atoms with Crippen molar-refractivity contribution in [2.24, 2.45) is 0 Å². The Bertz CT molecular complexity index is 323. The zero-order valence-corrected chi connectivity index (χ0v) is 26.1. The van der Waals surface area contributed by atoms with Crippen LogP contribution in [0.5, 0.6) is 0 Å². The van der Waals surface area contributed by atoms with Crippen molar-refractivity contribution >= 4 is 5.97 Å². The molecule has 0 heterocycles. The second-order valence-corrected chi connectivity index (χ2v) is 9.75. The first kappa shape index (κ1) is 37.6. The number of carboxylic acid groups (broad SMARTS) is 1. The molecule has 0 N–H and O–H groups in total. The summed E-state index contributed by atoms with van der Waals surface area (Å²) in [4.78, 5) is 10.2. The Morgan fingerprint density at radius 1 is 0.485 bits per heavy atom. The van der Waals surface area contributed by atoms with Crippen molar-refractivity contribution in [2.45, 2.75) is 181 Å². The molecule has 194 valence electrons. The maximum Gasteiger partial charge on any atom is 2.00 e. The van der Waals surface area contributed by atoms with Gasteiger partial charge in [0.05, 0.1) is 0 Å². The van der Waals surface area contributed by atoms with Crippen molar-refractivity contribution in [3.05, 3.63) is 6.92 Å². The van der Waals surface area contributed by atoms with E-state index in [-0.39, 0.29) is 25.9 Å². The van der Waals surface area contributed by atoms with Gasteiger partial charge in [0.2, 0.25) is 0 Å². The van der Waals surface area contributed by atoms with E-state index in [0.717, 1.165) is 19.3 Å². The molecule has 0 unspecified atom stereocenters. The number of hydrogen-bond donors (Lipinski definition) is 0. The van der Waals surface area contributed by atoms with Gasteiger partial charge in [0.1, 0.15) is 0 Å². The normalized spacial score (nSPS) is 10.4. The number of hydrogen-bond acceptors (Lipinski definition) is 2. The molecule has 0 aliphatic rings. The van der Waals surface area contributed by atoms with Gasteiger partial charge >= 0.3 is 19.5 Å². The standard InChI is InChI=1S/C18H36O2.C12H25.Zn/c1-2-3-4-5-6-7-8-9-10-11-12-13-14-15-16-17-18(19)20;1-3-5-7-9-11-12-10-8-6-4-2;/h2-17H2,1H3,(H,19,20);1,3-12H2,2H3;/q;-1;+2/p-1. The predicted molar refractivity (Wildman–Crippen MR) is 142 cm³/mol. The minimum absolute atomic E-state index is 0. The Balaban J connectivity index is -0.000000596. The van der Waals surface area contributed by atoms with Gasteiger partial charge in [0.25, 0.3) is 0 Å². The van der Waals surface area contributed by atoms with Crippen LogP contribution in [-0.2, 0) is 24.3 Å². The smallest absolute Gasteiger partial charge is 0.550 e. The minimum atomic E-state index is -0.903. The molecule has 0 bridgehead atoms. The van der Waals surface area contributed by atoms with Crippen LogP contribution in [-0.4, -0.2) is 5.97 Å². The second-order valence-electron chi connectivity index (χ2n) is 9.75. The summed E-state index contributed by atoms with van der Waals surface area (Å²) in [6.07, 6.45) is 33.7. The van der Waals surface area contributed by atoms with Crippen molar-refractivity contribution in [2.75, 3.05) is 0 Å². The summed E-state index contributed by atoms with van der Waals surface area (Å²) < 4.78 is 0. The quantitative estimate of drug-likeness (QED) is 0.0686. The number of aliphatic carboxylic acids is 1. The molecular weight excluding hydrogens is 458 g/mol. The molecule has 0 aromatic carbocycles. The van der Waals surface area contributed by atoms with Crippen LogP contribution in [0.4, 0.5) is 0 Å². The van der Waals surface area contributed by atoms with Crippen LogP contribution in [0.15, 0.2) is 0 Å². The van der Waals surface area contributed by atoms with Crippen LogP contribution in [0.1, 0.15) is 181 Å². The van der Waals surface area contributed by atoms with Crippen molar-refractivity contribution in [3.63, 3.8) is 0 Å². The molecule has 0 atom stereocenters. The van der Waals surface area contributed by atoms with Gasteiger partial charge < -0.3 is 16.8 Å². The Morgan fingerprint density at radius 3 is 0.970 bits per heavy atom. The summed E-state index contributed by atoms with van der Waals surface area (Å²) in [7, 11) is 0. The maximum atomic E-state index is 10.2. The summed E-state index contributed by atoms with van der Waals surface area (Å²) >= 11 is 0. The Hall–Kier alpha value is 0.0934. The summed E-state index contributed by atoms with van der Waals surface area (Å²) in [6.45, 7) is 8.38. The molecule has 0 saturated carbocycles. The van der Waals surface area contributed by atoms with E-state index >= 15 is 0 Å². The average Bonchev–Trinajstić information content (AvgIpc) is 2.78. The van der Waals surface area contributed by atoms with Gasteiger partial charge in [-0.15, -0.1) is 0 Å². The fourth-order valence-corrected chi connectivity index (χ4v) is 4.13. The molecule has 0 fully saturated rings. The topological polar surface area (TPSA) is 40.1 Å². The minimum Gasteiger partial charge on any atom is -0.550 e. The van der Waals surface area contributed by atoms with Gasteiger partial charge in [0, 0.05) is 5.97 Å². The van der Waals surface area contributed by atoms with Crippen LogP contribution in [0.25, 0.3) is 0 Å². The molecule has 0 aromatic heterocycles. The molecule has 0 aromatic rings. The predicted octanol–water partition coefficient (Wildman–Crippen LogP) is 9.74. The third kappa shape index (κ3) is 42.7. The third-order valence-electron chi connectivity index (χ3n) is 6.34. The molecule has 0 aliphatic carbocycles. The van der Waals surface area contributed by atoms with E-state index < -0.39 is 5.97 Å². The van der Waals surface area contributed by atoms with E-state index in [9.17, 15) is 9.90 Å². The van der Waals surface area contributed by atoms with E-state index in [1.54, 1.807) is 0 Å². The van der Waals surface area contributed by atoms with E-state index in [1.807, 2.05) is 0 Å². The fraction of sp³-hybridized carbons (Fsp3) is 0.933. The molecule has 33 heavy (non-hydrogen) atoms. The molecule has 2 nitrogen and oxygen atoms in total. The summed E-state index contributed by atoms with van der Waals surface area (Å²) in [5, 5.41) is 10.2. The largest absolute Gasteiger partial charge is 2.00 e. The van der Waals surface area contributed by atoms with Crippen molar-refractivity contribution < 1.29 is 29.4 Å². The van der Waals surface area contributed by atoms with E-state index in [1.165, 1.54) is 141 Å². The fourth-order valence-electron chi connectivity index (χ4n) is 4.13. The third-order valence-corrected chi connectivity index (χ3v) is 6.34. The molecule has 0 saturated heterocycles. The van der Waals surface area contributed by atoms with Crippen LogP contribution in [0.3, 0.4) is 0 Å². The van der Waals surface area contributed by atoms with Gasteiger partial charge in [-0.2, -0.15) is 6.42 Å². The summed E-state index contributed by atoms with van der Waals surface area (Å²) in [6, 6.07) is 0. The van der Waals surface area contributed by atoms with Gasteiger partial charge in [-0.1, -0.05) is 162 Å². The van der Waals surface area contributed by atoms with Crippen molar-refractivity contribution in [1.82, 2.24) is 0 Å². The van der Waals surface area contributed by atoms with E-state index in [4.69, 9.17) is 0 Å². The number of carbonyl (C=O) groups is 1. The van der Waals surface area contributed by atoms with Gasteiger partial charge in [-0.25, -0.2) is 0 Å². The summed E-state index contributed by atoms with van der Waals surface area (Å²) in [5.74, 6) is -0.903. The first-order valence-corrected chi connectivity index (χ1v) is 14.7. The van der Waals surface area contributed by atoms with E-state index in [2.05, 4.69) is 20.8 Å². The zero-order valence-electron chi connectivity index (χ0n) is 23.1. The molecule has 3 heteroatoms. The Labute approximate surface area is 222 Å². The second kappa shape index (κ2) is 36.7. The first-order valence-electron chi connectivity index (χ1n) is 14.7. The van der Waals surface area contributed by atoms with Crippen LogP contribution >= 0.6 is 0 Å². The summed E-state index contributed by atoms with van der Waals surface area (Å²) in [5.41, 5.74) is 0. The van der Waals surface area contributed by atoms with Crippen LogP contribution < -0.4 is 5.11 Å². The number of unbranched alkanes of at least 4 members (excludes halogenated alkanes) is 23. The van der Waals surface area contributed by atoms with Gasteiger partial charge in [0.15, 0.2) is 0 Å². The Kier molecular flexibility index (Phi) is 41.8. The average molecular weight is 518 g/mol. The molecule has 0 spiro atoms. The van der Waals surface area contributed by atoms with Crippen molar-refractivity contribution in [3.8, 4) is 0 Å². The van der Waals surface area contributed by atoms with Crippen molar-refractivity contribution in [1.29, 1.82) is 0 Å². The van der Waals surface area contributed by atoms with Crippen LogP contribution in [0.2, 0.25) is 0 Å². The van der Waals surface area contributed by atoms with Crippen LogP contribution in [0, 0.1) is 6.92 Å². The van der Waals surface area contributed by atoms with E-state index in [0.29, 0.717) is 0 Å². The SMILES string of the molecule is CCCCCCCCCCCCCCCCCC(=O)[O-].[CH2-]CCCCCCCCCCC.[Zn+2]. The number of carbonyl (C=O) groups excluding carboxylic acids is 1. The number of rotatable bonds is 25. The maximum absolute atomic E-state index is 10.2. The Morgan fingerprint density at radius 2 is 0.727 bits per heavy atom. The molecule has 0 rings (SSSR count). The monoisotopic (exact) mass is 516 g/mol.